The summed E-state index contributed by atoms with van der Waals surface area (Å²) in [5, 5.41) is 4.54. The fourth-order valence-corrected chi connectivity index (χ4v) is 3.27. The highest BCUT2D eigenvalue weighted by atomic mass is 35.5. The molecule has 7 heteroatoms. The zero-order valence-corrected chi connectivity index (χ0v) is 19.5. The quantitative estimate of drug-likeness (QED) is 0.236. The molecule has 2 aromatic rings. The minimum absolute atomic E-state index is 0. The Kier molecular flexibility index (Phi) is 15.2. The van der Waals surface area contributed by atoms with Crippen LogP contribution < -0.4 is 40.2 Å². The smallest absolute Gasteiger partial charge is 0.168 e. The van der Waals surface area contributed by atoms with Gasteiger partial charge in [-0.15, -0.1) is 0 Å². The fraction of sp³-hybridized carbons (Fsp3) is 0.435. The summed E-state index contributed by atoms with van der Waals surface area (Å²) in [6.07, 6.45) is 0.649. The Labute approximate surface area is 192 Å². The lowest BCUT2D eigenvalue weighted by molar-refractivity contribution is -0.743. The maximum absolute atomic E-state index is 12.2. The third-order valence-electron chi connectivity index (χ3n) is 4.85. The molecule has 0 amide bonds. The zero-order chi connectivity index (χ0) is 20.2. The molecule has 2 rings (SSSR count). The molecule has 30 heavy (non-hydrogen) atoms. The second-order valence-corrected chi connectivity index (χ2v) is 6.94. The van der Waals surface area contributed by atoms with Crippen LogP contribution in [0.2, 0.25) is 0 Å². The van der Waals surface area contributed by atoms with Crippen LogP contribution in [0.5, 0.6) is 5.75 Å². The van der Waals surface area contributed by atoms with Gasteiger partial charge in [0.05, 0.1) is 20.1 Å². The van der Waals surface area contributed by atoms with Gasteiger partial charge in [0.15, 0.2) is 5.78 Å². The first-order valence-electron chi connectivity index (χ1n) is 10.1. The lowest BCUT2D eigenvalue weighted by Crippen LogP contribution is -3.00. The van der Waals surface area contributed by atoms with Crippen LogP contribution >= 0.6 is 0 Å². The Bertz CT molecular complexity index is 699. The van der Waals surface area contributed by atoms with Crippen LogP contribution in [0.4, 0.5) is 0 Å². The molecule has 0 spiro atoms. The molecule has 2 unspecified atom stereocenters. The minimum atomic E-state index is 0. The van der Waals surface area contributed by atoms with Gasteiger partial charge in [0, 0.05) is 12.2 Å². The molecule has 0 aliphatic rings. The van der Waals surface area contributed by atoms with E-state index in [1.54, 1.807) is 7.11 Å². The molecular weight excluding hydrogens is 423 g/mol. The average molecular weight is 457 g/mol. The van der Waals surface area contributed by atoms with Gasteiger partial charge < -0.3 is 44.9 Å². The van der Waals surface area contributed by atoms with Gasteiger partial charge in [0.25, 0.3) is 0 Å². The highest BCUT2D eigenvalue weighted by molar-refractivity contribution is 5.96. The normalized spacial score (nSPS) is 12.2. The van der Waals surface area contributed by atoms with Crippen LogP contribution in [-0.2, 0) is 4.74 Å². The second kappa shape index (κ2) is 16.1. The number of quaternary nitrogens is 2. The van der Waals surface area contributed by atoms with Crippen LogP contribution in [0.1, 0.15) is 42.3 Å². The summed E-state index contributed by atoms with van der Waals surface area (Å²) in [5.41, 5.74) is 1.97. The van der Waals surface area contributed by atoms with Gasteiger partial charge in [-0.05, 0) is 43.7 Å². The van der Waals surface area contributed by atoms with Gasteiger partial charge in [-0.1, -0.05) is 30.3 Å². The number of ether oxygens (including phenoxy) is 2. The predicted octanol–water partition coefficient (Wildman–Crippen LogP) is -4.43. The monoisotopic (exact) mass is 456 g/mol. The maximum atomic E-state index is 12.2. The number of Topliss-reactive ketones (excluding diaryl/α,β-unsaturated/α-hetero) is 1. The lowest BCUT2D eigenvalue weighted by Gasteiger charge is -2.22. The van der Waals surface area contributed by atoms with E-state index in [4.69, 9.17) is 9.47 Å². The number of hydrogen-bond acceptors (Lipinski definition) is 3. The molecule has 0 fully saturated rings. The predicted molar refractivity (Wildman–Crippen MR) is 111 cm³/mol. The first-order chi connectivity index (χ1) is 13.7. The van der Waals surface area contributed by atoms with Gasteiger partial charge in [0.1, 0.15) is 31.0 Å². The number of halogens is 2. The summed E-state index contributed by atoms with van der Waals surface area (Å²) in [7, 11) is 1.63. The highest BCUT2D eigenvalue weighted by Gasteiger charge is 2.22. The first-order valence-corrected chi connectivity index (χ1v) is 10.1. The van der Waals surface area contributed by atoms with Crippen LogP contribution in [0.15, 0.2) is 54.6 Å². The minimum Gasteiger partial charge on any atom is -1.00 e. The molecule has 0 radical (unpaired) electrons. The molecule has 0 heterocycles. The molecule has 0 saturated carbocycles. The fourth-order valence-electron chi connectivity index (χ4n) is 3.27. The second-order valence-electron chi connectivity index (χ2n) is 6.94. The van der Waals surface area contributed by atoms with E-state index in [9.17, 15) is 4.79 Å². The number of ketones is 1. The molecule has 168 valence electrons. The number of carbonyl (C=O) groups is 1. The Hall–Kier alpha value is -1.63. The van der Waals surface area contributed by atoms with Crippen LogP contribution in [-0.4, -0.2) is 45.2 Å². The molecule has 4 N–H and O–H groups in total. The number of hydrogen-bond donors (Lipinski definition) is 2. The summed E-state index contributed by atoms with van der Waals surface area (Å²) in [4.78, 5) is 12.2. The van der Waals surface area contributed by atoms with Crippen LogP contribution in [0.3, 0.4) is 0 Å². The Balaban J connectivity index is 0.00000420. The Morgan fingerprint density at radius 2 is 1.63 bits per heavy atom. The van der Waals surface area contributed by atoms with E-state index in [2.05, 4.69) is 41.8 Å². The SMILES string of the molecule is CCOC(c1ccccc1)C(C)[NH2+]CC[NH2+]CCC(=O)c1ccc(OC)cc1.[Cl-].[Cl-]. The van der Waals surface area contributed by atoms with Gasteiger partial charge >= 0.3 is 0 Å². The molecule has 0 saturated heterocycles. The van der Waals surface area contributed by atoms with E-state index in [1.165, 1.54) is 5.56 Å². The highest BCUT2D eigenvalue weighted by Crippen LogP contribution is 2.19. The van der Waals surface area contributed by atoms with E-state index >= 15 is 0 Å². The van der Waals surface area contributed by atoms with Crippen LogP contribution in [0.25, 0.3) is 0 Å². The summed E-state index contributed by atoms with van der Waals surface area (Å²) in [6.45, 7) is 7.73. The molecule has 2 atom stereocenters. The average Bonchev–Trinajstić information content (AvgIpc) is 2.74. The lowest BCUT2D eigenvalue weighted by atomic mass is 10.0. The standard InChI is InChI=1S/C23H32N2O3.2ClH/c1-4-28-23(20-8-6-5-7-9-20)18(2)25-17-16-24-15-14-22(26)19-10-12-21(27-3)13-11-19;;/h5-13,18,23-25H,4,14-17H2,1-3H3;2*1H. The summed E-state index contributed by atoms with van der Waals surface area (Å²) < 4.78 is 11.1. The van der Waals surface area contributed by atoms with E-state index in [0.29, 0.717) is 19.1 Å². The van der Waals surface area contributed by atoms with E-state index in [1.807, 2.05) is 37.3 Å². The van der Waals surface area contributed by atoms with Crippen molar-refractivity contribution in [1.82, 2.24) is 0 Å². The van der Waals surface area contributed by atoms with Crippen molar-refractivity contribution >= 4 is 5.78 Å². The number of nitrogens with two attached hydrogens (primary N) is 2. The molecule has 5 nitrogen and oxygen atoms in total. The van der Waals surface area contributed by atoms with Crippen LogP contribution in [0, 0.1) is 0 Å². The Morgan fingerprint density at radius 3 is 2.23 bits per heavy atom. The van der Waals surface area contributed by atoms with Crippen molar-refractivity contribution in [2.75, 3.05) is 33.4 Å². The van der Waals surface area contributed by atoms with Crippen molar-refractivity contribution in [2.45, 2.75) is 32.4 Å². The Morgan fingerprint density at radius 1 is 0.967 bits per heavy atom. The zero-order valence-electron chi connectivity index (χ0n) is 18.0. The van der Waals surface area contributed by atoms with Crippen molar-refractivity contribution in [3.05, 3.63) is 65.7 Å². The number of carbonyl (C=O) groups excluding carboxylic acids is 1. The molecule has 2 aromatic carbocycles. The van der Waals surface area contributed by atoms with Gasteiger partial charge in [-0.2, -0.15) is 0 Å². The topological polar surface area (TPSA) is 68.8 Å². The summed E-state index contributed by atoms with van der Waals surface area (Å²) >= 11 is 0. The molecule has 0 aromatic heterocycles. The van der Waals surface area contributed by atoms with Crippen molar-refractivity contribution in [3.63, 3.8) is 0 Å². The van der Waals surface area contributed by atoms with E-state index in [-0.39, 0.29) is 36.7 Å². The molecule has 0 aliphatic carbocycles. The van der Waals surface area contributed by atoms with Crippen molar-refractivity contribution in [2.24, 2.45) is 0 Å². The van der Waals surface area contributed by atoms with Crippen molar-refractivity contribution in [3.8, 4) is 5.75 Å². The van der Waals surface area contributed by atoms with Gasteiger partial charge in [0.2, 0.25) is 0 Å². The maximum Gasteiger partial charge on any atom is 0.168 e. The molecule has 0 aliphatic heterocycles. The van der Waals surface area contributed by atoms with E-state index in [0.717, 1.165) is 30.9 Å². The summed E-state index contributed by atoms with van der Waals surface area (Å²) in [6, 6.07) is 18.1. The van der Waals surface area contributed by atoms with Gasteiger partial charge in [-0.3, -0.25) is 4.79 Å². The van der Waals surface area contributed by atoms with Gasteiger partial charge in [-0.25, -0.2) is 0 Å². The number of rotatable bonds is 13. The third kappa shape index (κ3) is 9.45. The number of benzene rings is 2. The summed E-state index contributed by atoms with van der Waals surface area (Å²) in [5.74, 6) is 0.949. The van der Waals surface area contributed by atoms with Crippen molar-refractivity contribution in [1.29, 1.82) is 0 Å². The third-order valence-corrected chi connectivity index (χ3v) is 4.85. The van der Waals surface area contributed by atoms with Crippen molar-refractivity contribution < 1.29 is 49.7 Å². The largest absolute Gasteiger partial charge is 1.00 e. The van der Waals surface area contributed by atoms with E-state index < -0.39 is 0 Å². The molecular formula is C23H34Cl2N2O3. The number of methoxy groups -OCH3 is 1. The first kappa shape index (κ1) is 28.4. The molecule has 0 bridgehead atoms.